The molecule has 8 nitrogen and oxygen atoms in total. The van der Waals surface area contributed by atoms with Gasteiger partial charge in [0.2, 0.25) is 0 Å². The number of allylic oxidation sites excluding steroid dienone is 2. The minimum atomic E-state index is -1.36. The monoisotopic (exact) mass is 592 g/mol. The zero-order chi connectivity index (χ0) is 30.9. The van der Waals surface area contributed by atoms with Gasteiger partial charge in [0.15, 0.2) is 6.29 Å². The SMILES string of the molecule is C=C(CC[C@@H](C)[C@H]1[C@@H](O)C[C@H]2[C@@H]3CC=C4C[C@@H](O[C@H]5O[C@@H](C)[C@H](O)[C@@H](O)[C@@H]5O)CC[C@]4(C)[C@@]3(O)[C@H](O)C[C@]12C)C(C)C. The second kappa shape index (κ2) is 11.5. The van der Waals surface area contributed by atoms with Crippen LogP contribution in [0, 0.1) is 40.4 Å². The molecule has 4 fully saturated rings. The molecule has 0 spiro atoms. The molecule has 3 saturated carbocycles. The quantitative estimate of drug-likeness (QED) is 0.247. The summed E-state index contributed by atoms with van der Waals surface area (Å²) in [5.74, 6) is 0.721. The predicted molar refractivity (Wildman–Crippen MR) is 159 cm³/mol. The molecule has 1 saturated heterocycles. The van der Waals surface area contributed by atoms with E-state index in [0.29, 0.717) is 44.4 Å². The van der Waals surface area contributed by atoms with E-state index in [2.05, 4.69) is 47.3 Å². The molecule has 42 heavy (non-hydrogen) atoms. The van der Waals surface area contributed by atoms with Crippen LogP contribution in [0.4, 0.5) is 0 Å². The third-order valence-corrected chi connectivity index (χ3v) is 12.8. The molecule has 4 aliphatic carbocycles. The summed E-state index contributed by atoms with van der Waals surface area (Å²) in [5.41, 5.74) is 0.0578. The molecule has 0 amide bonds. The zero-order valence-electron chi connectivity index (χ0n) is 26.4. The first kappa shape index (κ1) is 32.6. The van der Waals surface area contributed by atoms with E-state index >= 15 is 0 Å². The molecule has 0 aromatic heterocycles. The van der Waals surface area contributed by atoms with E-state index in [-0.39, 0.29) is 35.2 Å². The number of aliphatic hydroxyl groups excluding tert-OH is 5. The summed E-state index contributed by atoms with van der Waals surface area (Å²) in [7, 11) is 0. The summed E-state index contributed by atoms with van der Waals surface area (Å²) in [6.45, 7) is 16.8. The number of fused-ring (bicyclic) bond motifs is 5. The van der Waals surface area contributed by atoms with Gasteiger partial charge in [0.25, 0.3) is 0 Å². The standard InChI is InChI=1S/C34H56O8/c1-17(2)18(3)8-9-19(4)27-25(35)15-24-23-11-10-21-14-22(42-31-30(39)29(38)28(37)20(5)41-31)12-13-33(21,7)34(23,40)26(36)16-32(24,27)6/h10,17,19-20,22-31,35-40H,3,8-9,11-16H2,1-2,4-7H3/t19-,20+,22+,23+,24+,25+,26-,27+,28+,29-,30+,31-,32+,33+,34+/m1/s1. The minimum absolute atomic E-state index is 0.0576. The highest BCUT2D eigenvalue weighted by Crippen LogP contribution is 2.69. The van der Waals surface area contributed by atoms with Crippen LogP contribution in [-0.4, -0.2) is 85.3 Å². The first-order valence-corrected chi connectivity index (χ1v) is 16.4. The highest BCUT2D eigenvalue weighted by Gasteiger charge is 2.70. The van der Waals surface area contributed by atoms with Gasteiger partial charge in [-0.3, -0.25) is 0 Å². The predicted octanol–water partition coefficient (Wildman–Crippen LogP) is 3.46. The van der Waals surface area contributed by atoms with Crippen molar-refractivity contribution in [3.8, 4) is 0 Å². The van der Waals surface area contributed by atoms with Gasteiger partial charge in [-0.15, -0.1) is 0 Å². The molecule has 0 bridgehead atoms. The molecular weight excluding hydrogens is 536 g/mol. The Bertz CT molecular complexity index is 1040. The van der Waals surface area contributed by atoms with Crippen LogP contribution in [0.2, 0.25) is 0 Å². The minimum Gasteiger partial charge on any atom is -0.393 e. The molecule has 0 aromatic rings. The lowest BCUT2D eigenvalue weighted by Crippen LogP contribution is -2.69. The van der Waals surface area contributed by atoms with Crippen molar-refractivity contribution in [2.75, 3.05) is 0 Å². The molecule has 0 aromatic carbocycles. The Morgan fingerprint density at radius 2 is 1.76 bits per heavy atom. The van der Waals surface area contributed by atoms with Crippen LogP contribution in [0.5, 0.6) is 0 Å². The Kier molecular flexibility index (Phi) is 8.92. The van der Waals surface area contributed by atoms with Crippen LogP contribution in [0.3, 0.4) is 0 Å². The average Bonchev–Trinajstić information content (AvgIpc) is 3.19. The third kappa shape index (κ3) is 4.97. The van der Waals surface area contributed by atoms with Crippen molar-refractivity contribution in [2.45, 2.75) is 148 Å². The molecular formula is C34H56O8. The van der Waals surface area contributed by atoms with E-state index in [1.807, 2.05) is 0 Å². The summed E-state index contributed by atoms with van der Waals surface area (Å²) in [6, 6.07) is 0. The highest BCUT2D eigenvalue weighted by atomic mass is 16.7. The van der Waals surface area contributed by atoms with E-state index in [1.54, 1.807) is 6.92 Å². The second-order valence-electron chi connectivity index (χ2n) is 15.4. The van der Waals surface area contributed by atoms with Gasteiger partial charge in [0, 0.05) is 5.41 Å². The molecule has 1 aliphatic heterocycles. The van der Waals surface area contributed by atoms with Crippen LogP contribution in [0.15, 0.2) is 23.8 Å². The summed E-state index contributed by atoms with van der Waals surface area (Å²) in [4.78, 5) is 0. The lowest BCUT2D eigenvalue weighted by molar-refractivity contribution is -0.308. The molecule has 0 radical (unpaired) electrons. The fourth-order valence-electron chi connectivity index (χ4n) is 10.1. The molecule has 8 heteroatoms. The molecule has 6 N–H and O–H groups in total. The Morgan fingerprint density at radius 1 is 1.07 bits per heavy atom. The van der Waals surface area contributed by atoms with Crippen LogP contribution in [-0.2, 0) is 9.47 Å². The van der Waals surface area contributed by atoms with Gasteiger partial charge in [-0.25, -0.2) is 0 Å². The molecule has 5 aliphatic rings. The van der Waals surface area contributed by atoms with E-state index in [1.165, 1.54) is 5.57 Å². The average molecular weight is 593 g/mol. The molecule has 1 heterocycles. The first-order chi connectivity index (χ1) is 19.6. The summed E-state index contributed by atoms with van der Waals surface area (Å²) in [5, 5.41) is 66.7. The van der Waals surface area contributed by atoms with Gasteiger partial charge in [0.05, 0.1) is 24.4 Å². The normalized spacial score (nSPS) is 51.4. The Hall–Kier alpha value is -0.840. The third-order valence-electron chi connectivity index (χ3n) is 12.8. The Balaban J connectivity index is 1.34. The fraction of sp³-hybridized carbons (Fsp3) is 0.882. The topological polar surface area (TPSA) is 140 Å². The van der Waals surface area contributed by atoms with Crippen molar-refractivity contribution < 1.29 is 40.1 Å². The highest BCUT2D eigenvalue weighted by molar-refractivity contribution is 5.33. The Morgan fingerprint density at radius 3 is 2.43 bits per heavy atom. The van der Waals surface area contributed by atoms with Crippen LogP contribution >= 0.6 is 0 Å². The fourth-order valence-corrected chi connectivity index (χ4v) is 10.1. The van der Waals surface area contributed by atoms with Gasteiger partial charge in [-0.05, 0) is 93.3 Å². The number of ether oxygens (including phenoxy) is 2. The van der Waals surface area contributed by atoms with E-state index in [4.69, 9.17) is 9.47 Å². The van der Waals surface area contributed by atoms with Crippen molar-refractivity contribution in [3.63, 3.8) is 0 Å². The second-order valence-corrected chi connectivity index (χ2v) is 15.4. The number of aliphatic hydroxyl groups is 6. The number of hydrogen-bond donors (Lipinski definition) is 6. The van der Waals surface area contributed by atoms with E-state index in [9.17, 15) is 30.6 Å². The number of hydrogen-bond acceptors (Lipinski definition) is 8. The number of rotatable bonds is 7. The maximum absolute atomic E-state index is 12.6. The van der Waals surface area contributed by atoms with E-state index < -0.39 is 53.9 Å². The summed E-state index contributed by atoms with van der Waals surface area (Å²) < 4.78 is 11.8. The van der Waals surface area contributed by atoms with Crippen molar-refractivity contribution in [1.29, 1.82) is 0 Å². The zero-order valence-corrected chi connectivity index (χ0v) is 26.4. The first-order valence-electron chi connectivity index (χ1n) is 16.4. The maximum Gasteiger partial charge on any atom is 0.186 e. The van der Waals surface area contributed by atoms with Gasteiger partial charge >= 0.3 is 0 Å². The van der Waals surface area contributed by atoms with E-state index in [0.717, 1.165) is 18.4 Å². The van der Waals surface area contributed by atoms with Gasteiger partial charge in [-0.1, -0.05) is 58.4 Å². The van der Waals surface area contributed by atoms with Gasteiger partial charge in [0.1, 0.15) is 23.9 Å². The van der Waals surface area contributed by atoms with Crippen LogP contribution in [0.1, 0.15) is 92.9 Å². The van der Waals surface area contributed by atoms with Crippen molar-refractivity contribution in [1.82, 2.24) is 0 Å². The Labute approximate surface area is 251 Å². The van der Waals surface area contributed by atoms with Gasteiger partial charge in [-0.2, -0.15) is 0 Å². The maximum atomic E-state index is 12.6. The molecule has 0 unspecified atom stereocenters. The lowest BCUT2D eigenvalue weighted by atomic mass is 9.43. The molecule has 15 atom stereocenters. The van der Waals surface area contributed by atoms with Crippen LogP contribution < -0.4 is 0 Å². The van der Waals surface area contributed by atoms with Crippen molar-refractivity contribution in [3.05, 3.63) is 23.8 Å². The van der Waals surface area contributed by atoms with Crippen molar-refractivity contribution in [2.24, 2.45) is 40.4 Å². The summed E-state index contributed by atoms with van der Waals surface area (Å²) in [6.07, 6.45) is 0.307. The lowest BCUT2D eigenvalue weighted by Gasteiger charge is -2.64. The smallest absolute Gasteiger partial charge is 0.186 e. The largest absolute Gasteiger partial charge is 0.393 e. The van der Waals surface area contributed by atoms with Gasteiger partial charge < -0.3 is 40.1 Å². The van der Waals surface area contributed by atoms with Crippen molar-refractivity contribution >= 4 is 0 Å². The molecule has 240 valence electrons. The molecule has 5 rings (SSSR count). The summed E-state index contributed by atoms with van der Waals surface area (Å²) >= 11 is 0. The van der Waals surface area contributed by atoms with Crippen LogP contribution in [0.25, 0.3) is 0 Å².